The van der Waals surface area contributed by atoms with Crippen molar-refractivity contribution in [3.63, 3.8) is 0 Å². The smallest absolute Gasteiger partial charge is 0.150 e. The first kappa shape index (κ1) is 11.4. The van der Waals surface area contributed by atoms with Crippen LogP contribution < -0.4 is 0 Å². The zero-order valence-electron chi connectivity index (χ0n) is 8.54. The van der Waals surface area contributed by atoms with Gasteiger partial charge in [-0.25, -0.2) is 9.07 Å². The van der Waals surface area contributed by atoms with Crippen LogP contribution in [0.15, 0.2) is 24.3 Å². The van der Waals surface area contributed by atoms with Crippen LogP contribution in [-0.4, -0.2) is 9.78 Å². The molecule has 0 aliphatic carbocycles. The van der Waals surface area contributed by atoms with Crippen molar-refractivity contribution in [2.75, 3.05) is 0 Å². The first-order valence-corrected chi connectivity index (χ1v) is 5.58. The molecule has 0 aliphatic rings. The van der Waals surface area contributed by atoms with Crippen molar-refractivity contribution in [1.82, 2.24) is 9.78 Å². The minimum Gasteiger partial charge on any atom is -0.217 e. The van der Waals surface area contributed by atoms with Crippen LogP contribution in [0, 0.1) is 5.82 Å². The number of aromatic nitrogens is 2. The zero-order valence-corrected chi connectivity index (χ0v) is 10.1. The summed E-state index contributed by atoms with van der Waals surface area (Å²) in [5.74, 6) is -0.444. The van der Waals surface area contributed by atoms with Crippen molar-refractivity contribution in [3.8, 4) is 5.69 Å². The number of hydrogen-bond acceptors (Lipinski definition) is 1. The maximum Gasteiger partial charge on any atom is 0.150 e. The highest BCUT2D eigenvalue weighted by Gasteiger charge is 2.14. The summed E-state index contributed by atoms with van der Waals surface area (Å²) in [5.41, 5.74) is 0.984. The lowest BCUT2D eigenvalue weighted by Crippen LogP contribution is -2.01. The second-order valence-electron chi connectivity index (χ2n) is 3.29. The number of nitrogens with zero attached hydrogens (tertiary/aromatic N) is 2. The Kier molecular flexibility index (Phi) is 3.17. The summed E-state index contributed by atoms with van der Waals surface area (Å²) in [4.78, 5) is 0. The van der Waals surface area contributed by atoms with E-state index in [-0.39, 0.29) is 10.7 Å². The van der Waals surface area contributed by atoms with Crippen LogP contribution in [0.5, 0.6) is 0 Å². The standard InChI is InChI=1S/C11H9Cl2FN2/c1-2-7-6-10(13)16(15-7)11-8(12)4-3-5-9(11)14/h3-6H,2H2,1H3. The molecule has 2 rings (SSSR count). The maximum absolute atomic E-state index is 13.6. The average molecular weight is 259 g/mol. The first-order valence-electron chi connectivity index (χ1n) is 4.82. The lowest BCUT2D eigenvalue weighted by molar-refractivity contribution is 0.610. The molecular formula is C11H9Cl2FN2. The largest absolute Gasteiger partial charge is 0.217 e. The second-order valence-corrected chi connectivity index (χ2v) is 4.09. The topological polar surface area (TPSA) is 17.8 Å². The Morgan fingerprint density at radius 1 is 1.38 bits per heavy atom. The molecule has 2 aromatic rings. The van der Waals surface area contributed by atoms with Gasteiger partial charge in [-0.1, -0.05) is 36.2 Å². The van der Waals surface area contributed by atoms with Gasteiger partial charge in [0.05, 0.1) is 10.7 Å². The van der Waals surface area contributed by atoms with E-state index in [9.17, 15) is 4.39 Å². The van der Waals surface area contributed by atoms with Crippen LogP contribution in [0.1, 0.15) is 12.6 Å². The number of benzene rings is 1. The number of rotatable bonds is 2. The first-order chi connectivity index (χ1) is 7.63. The normalized spacial score (nSPS) is 10.8. The number of halogens is 3. The zero-order chi connectivity index (χ0) is 11.7. The quantitative estimate of drug-likeness (QED) is 0.800. The molecule has 0 fully saturated rings. The van der Waals surface area contributed by atoms with E-state index in [1.54, 1.807) is 18.2 Å². The Balaban J connectivity index is 2.62. The van der Waals surface area contributed by atoms with Gasteiger partial charge in [0.15, 0.2) is 0 Å². The highest BCUT2D eigenvalue weighted by Crippen LogP contribution is 2.26. The van der Waals surface area contributed by atoms with Gasteiger partial charge in [0.25, 0.3) is 0 Å². The van der Waals surface area contributed by atoms with E-state index in [1.807, 2.05) is 6.92 Å². The minimum absolute atomic E-state index is 0.189. The monoisotopic (exact) mass is 258 g/mol. The van der Waals surface area contributed by atoms with Gasteiger partial charge in [-0.2, -0.15) is 5.10 Å². The van der Waals surface area contributed by atoms with Gasteiger partial charge in [0, 0.05) is 0 Å². The summed E-state index contributed by atoms with van der Waals surface area (Å²) >= 11 is 11.9. The molecule has 0 bridgehead atoms. The second kappa shape index (κ2) is 4.44. The fourth-order valence-corrected chi connectivity index (χ4v) is 1.92. The molecule has 1 aromatic heterocycles. The number of para-hydroxylation sites is 1. The third-order valence-electron chi connectivity index (χ3n) is 2.23. The molecule has 0 aliphatic heterocycles. The van der Waals surface area contributed by atoms with E-state index in [0.717, 1.165) is 12.1 Å². The molecule has 0 spiro atoms. The van der Waals surface area contributed by atoms with Gasteiger partial charge in [0.2, 0.25) is 0 Å². The predicted octanol–water partition coefficient (Wildman–Crippen LogP) is 3.88. The molecule has 0 unspecified atom stereocenters. The van der Waals surface area contributed by atoms with Crippen molar-refractivity contribution in [3.05, 3.63) is 46.0 Å². The molecule has 16 heavy (non-hydrogen) atoms. The Bertz CT molecular complexity index is 502. The van der Waals surface area contributed by atoms with Crippen LogP contribution in [-0.2, 0) is 6.42 Å². The third kappa shape index (κ3) is 1.93. The molecule has 2 nitrogen and oxygen atoms in total. The summed E-state index contributed by atoms with van der Waals surface area (Å²) in [6.45, 7) is 1.95. The van der Waals surface area contributed by atoms with Gasteiger partial charge < -0.3 is 0 Å². The van der Waals surface area contributed by atoms with E-state index in [2.05, 4.69) is 5.10 Å². The van der Waals surface area contributed by atoms with E-state index in [1.165, 1.54) is 10.7 Å². The Labute approximate surface area is 103 Å². The number of aryl methyl sites for hydroxylation is 1. The molecule has 5 heteroatoms. The summed E-state index contributed by atoms with van der Waals surface area (Å²) in [7, 11) is 0. The van der Waals surface area contributed by atoms with Gasteiger partial charge in [0.1, 0.15) is 16.7 Å². The summed E-state index contributed by atoms with van der Waals surface area (Å²) in [6.07, 6.45) is 0.735. The SMILES string of the molecule is CCc1cc(Cl)n(-c2c(F)cccc2Cl)n1. The molecule has 0 saturated heterocycles. The van der Waals surface area contributed by atoms with Crippen molar-refractivity contribution < 1.29 is 4.39 Å². The molecule has 1 aromatic carbocycles. The molecule has 0 radical (unpaired) electrons. The van der Waals surface area contributed by atoms with Crippen molar-refractivity contribution in [1.29, 1.82) is 0 Å². The van der Waals surface area contributed by atoms with Crippen molar-refractivity contribution in [2.24, 2.45) is 0 Å². The van der Waals surface area contributed by atoms with E-state index < -0.39 is 5.82 Å². The third-order valence-corrected chi connectivity index (χ3v) is 2.80. The van der Waals surface area contributed by atoms with Crippen LogP contribution >= 0.6 is 23.2 Å². The fourth-order valence-electron chi connectivity index (χ4n) is 1.42. The molecule has 1 heterocycles. The van der Waals surface area contributed by atoms with Gasteiger partial charge >= 0.3 is 0 Å². The van der Waals surface area contributed by atoms with Crippen LogP contribution in [0.2, 0.25) is 10.2 Å². The van der Waals surface area contributed by atoms with Gasteiger partial charge in [-0.05, 0) is 24.6 Å². The Morgan fingerprint density at radius 2 is 2.12 bits per heavy atom. The van der Waals surface area contributed by atoms with Crippen molar-refractivity contribution in [2.45, 2.75) is 13.3 Å². The predicted molar refractivity (Wildman–Crippen MR) is 62.9 cm³/mol. The van der Waals surface area contributed by atoms with Gasteiger partial charge in [-0.3, -0.25) is 0 Å². The van der Waals surface area contributed by atoms with Crippen molar-refractivity contribution >= 4 is 23.2 Å². The molecule has 84 valence electrons. The summed E-state index contributed by atoms with van der Waals surface area (Å²) < 4.78 is 14.9. The molecule has 0 saturated carbocycles. The van der Waals surface area contributed by atoms with Crippen LogP contribution in [0.25, 0.3) is 5.69 Å². The summed E-state index contributed by atoms with van der Waals surface area (Å²) in [6, 6.07) is 6.16. The van der Waals surface area contributed by atoms with E-state index in [0.29, 0.717) is 5.15 Å². The number of hydrogen-bond donors (Lipinski definition) is 0. The van der Waals surface area contributed by atoms with Gasteiger partial charge in [-0.15, -0.1) is 0 Å². The molecule has 0 atom stereocenters. The summed E-state index contributed by atoms with van der Waals surface area (Å²) in [5, 5.41) is 4.82. The molecule has 0 amide bonds. The van der Waals surface area contributed by atoms with E-state index >= 15 is 0 Å². The average Bonchev–Trinajstić information content (AvgIpc) is 2.60. The Hall–Kier alpha value is -1.06. The van der Waals surface area contributed by atoms with Crippen LogP contribution in [0.3, 0.4) is 0 Å². The molecular weight excluding hydrogens is 250 g/mol. The molecule has 0 N–H and O–H groups in total. The lowest BCUT2D eigenvalue weighted by Gasteiger charge is -2.06. The highest BCUT2D eigenvalue weighted by molar-refractivity contribution is 6.33. The lowest BCUT2D eigenvalue weighted by atomic mass is 10.3. The van der Waals surface area contributed by atoms with E-state index in [4.69, 9.17) is 23.2 Å². The fraction of sp³-hybridized carbons (Fsp3) is 0.182. The minimum atomic E-state index is -0.444. The van der Waals surface area contributed by atoms with Crippen LogP contribution in [0.4, 0.5) is 4.39 Å². The maximum atomic E-state index is 13.6. The highest BCUT2D eigenvalue weighted by atomic mass is 35.5. The Morgan fingerprint density at radius 3 is 2.69 bits per heavy atom.